The van der Waals surface area contributed by atoms with E-state index >= 15 is 0 Å². The highest BCUT2D eigenvalue weighted by Gasteiger charge is 2.19. The summed E-state index contributed by atoms with van der Waals surface area (Å²) in [6, 6.07) is 0. The number of unbranched alkanes of at least 4 members (excludes halogenated alkanes) is 41. The van der Waals surface area contributed by atoms with Crippen LogP contribution >= 0.6 is 0 Å². The van der Waals surface area contributed by atoms with Crippen LogP contribution in [0, 0.1) is 0 Å². The number of hydrogen-bond donors (Lipinski definition) is 0. The molecule has 0 fully saturated rings. The van der Waals surface area contributed by atoms with Gasteiger partial charge in [-0.2, -0.15) is 0 Å². The van der Waals surface area contributed by atoms with Crippen molar-refractivity contribution in [3.05, 3.63) is 48.6 Å². The molecule has 0 rings (SSSR count). The Morgan fingerprint density at radius 2 is 0.527 bits per heavy atom. The lowest BCUT2D eigenvalue weighted by Crippen LogP contribution is -2.30. The van der Waals surface area contributed by atoms with E-state index in [1.165, 1.54) is 225 Å². The average Bonchev–Trinajstić information content (AvgIpc) is 3.40. The fraction of sp³-hybridized carbons (Fsp3) is 0.838. The normalized spacial score (nSPS) is 12.3. The van der Waals surface area contributed by atoms with Crippen molar-refractivity contribution in [1.29, 1.82) is 0 Å². The Balaban J connectivity index is 4.03. The van der Waals surface area contributed by atoms with Crippen LogP contribution in [0.15, 0.2) is 48.6 Å². The summed E-state index contributed by atoms with van der Waals surface area (Å²) in [6.45, 7) is 6.55. The molecule has 0 saturated carbocycles. The highest BCUT2D eigenvalue weighted by atomic mass is 16.6. The summed E-state index contributed by atoms with van der Waals surface area (Å²) >= 11 is 0. The molecular weight excluding hydrogens is 913 g/mol. The van der Waals surface area contributed by atoms with E-state index in [0.29, 0.717) is 19.3 Å². The van der Waals surface area contributed by atoms with Gasteiger partial charge >= 0.3 is 17.9 Å². The monoisotopic (exact) mass is 1040 g/mol. The molecule has 0 aromatic carbocycles. The third kappa shape index (κ3) is 60.2. The van der Waals surface area contributed by atoms with Crippen LogP contribution in [0.2, 0.25) is 0 Å². The summed E-state index contributed by atoms with van der Waals surface area (Å²) in [5.41, 5.74) is 0. The molecule has 0 N–H and O–H groups in total. The van der Waals surface area contributed by atoms with Gasteiger partial charge in [-0.1, -0.05) is 320 Å². The summed E-state index contributed by atoms with van der Waals surface area (Å²) in [6.07, 6.45) is 78.6. The van der Waals surface area contributed by atoms with Gasteiger partial charge in [0, 0.05) is 19.3 Å². The number of hydrogen-bond acceptors (Lipinski definition) is 6. The first kappa shape index (κ1) is 71.4. The Kier molecular flexibility index (Phi) is 60.7. The lowest BCUT2D eigenvalue weighted by molar-refractivity contribution is -0.167. The van der Waals surface area contributed by atoms with Crippen molar-refractivity contribution < 1.29 is 28.6 Å². The molecule has 0 spiro atoms. The summed E-state index contributed by atoms with van der Waals surface area (Å²) in [5, 5.41) is 0. The molecule has 6 nitrogen and oxygen atoms in total. The molecule has 1 unspecified atom stereocenters. The quantitative estimate of drug-likeness (QED) is 0.0261. The van der Waals surface area contributed by atoms with Crippen molar-refractivity contribution in [1.82, 2.24) is 0 Å². The van der Waals surface area contributed by atoms with Gasteiger partial charge in [-0.15, -0.1) is 0 Å². The Hall–Kier alpha value is -2.63. The van der Waals surface area contributed by atoms with Crippen molar-refractivity contribution in [3.8, 4) is 0 Å². The lowest BCUT2D eigenvalue weighted by Gasteiger charge is -2.18. The van der Waals surface area contributed by atoms with E-state index in [1.54, 1.807) is 0 Å². The van der Waals surface area contributed by atoms with Crippen molar-refractivity contribution in [2.45, 2.75) is 354 Å². The Labute approximate surface area is 460 Å². The topological polar surface area (TPSA) is 78.9 Å². The van der Waals surface area contributed by atoms with Crippen molar-refractivity contribution in [3.63, 3.8) is 0 Å². The molecule has 0 aromatic rings. The smallest absolute Gasteiger partial charge is 0.306 e. The van der Waals surface area contributed by atoms with Crippen LogP contribution in [0.4, 0.5) is 0 Å². The Morgan fingerprint density at radius 3 is 0.824 bits per heavy atom. The summed E-state index contributed by atoms with van der Waals surface area (Å²) in [7, 11) is 0. The predicted molar refractivity (Wildman–Crippen MR) is 321 cm³/mol. The molecule has 0 radical (unpaired) electrons. The zero-order valence-corrected chi connectivity index (χ0v) is 49.6. The highest BCUT2D eigenvalue weighted by Crippen LogP contribution is 2.18. The largest absolute Gasteiger partial charge is 0.462 e. The average molecular weight is 1040 g/mol. The van der Waals surface area contributed by atoms with Gasteiger partial charge in [0.25, 0.3) is 0 Å². The van der Waals surface area contributed by atoms with E-state index in [0.717, 1.165) is 83.5 Å². The standard InChI is InChI=1S/C68H124O6/c1-4-7-10-13-16-19-21-23-25-27-28-29-30-31-32-33-34-35-36-37-38-39-40-42-43-45-47-49-52-55-58-61-67(70)73-64-65(63-72-66(69)60-57-54-51-18-15-12-9-6-3)74-68(71)62-59-56-53-50-48-46-44-41-26-24-22-20-17-14-11-8-5-2/h7,10,16,19,23,25,28-29,65H,4-6,8-9,11-15,17-18,20-22,24,26-27,30-64H2,1-3H3/b10-7-,19-16-,25-23-,29-28-. The minimum Gasteiger partial charge on any atom is -0.462 e. The zero-order valence-electron chi connectivity index (χ0n) is 49.6. The van der Waals surface area contributed by atoms with Crippen LogP contribution in [-0.4, -0.2) is 37.2 Å². The van der Waals surface area contributed by atoms with Crippen LogP contribution < -0.4 is 0 Å². The van der Waals surface area contributed by atoms with Crippen molar-refractivity contribution >= 4 is 17.9 Å². The second-order valence-corrected chi connectivity index (χ2v) is 22.0. The SMILES string of the molecule is CC/C=C\C/C=C\C/C=C\C/C=C\CCCCCCCCCCCCCCCCCCCCC(=O)OCC(COC(=O)CCCCCCCCCC)OC(=O)CCCCCCCCCCCCCCCCCCC. The van der Waals surface area contributed by atoms with E-state index in [2.05, 4.69) is 69.4 Å². The van der Waals surface area contributed by atoms with E-state index in [9.17, 15) is 14.4 Å². The summed E-state index contributed by atoms with van der Waals surface area (Å²) < 4.78 is 16.9. The first-order valence-electron chi connectivity index (χ1n) is 32.6. The number of rotatable bonds is 60. The second kappa shape index (κ2) is 62.9. The fourth-order valence-corrected chi connectivity index (χ4v) is 9.73. The highest BCUT2D eigenvalue weighted by molar-refractivity contribution is 5.71. The van der Waals surface area contributed by atoms with Gasteiger partial charge in [-0.3, -0.25) is 14.4 Å². The molecule has 1 atom stereocenters. The molecule has 0 aliphatic heterocycles. The molecule has 6 heteroatoms. The lowest BCUT2D eigenvalue weighted by atomic mass is 10.0. The van der Waals surface area contributed by atoms with Gasteiger partial charge in [0.05, 0.1) is 0 Å². The van der Waals surface area contributed by atoms with Gasteiger partial charge in [0.2, 0.25) is 0 Å². The molecule has 432 valence electrons. The number of ether oxygens (including phenoxy) is 3. The van der Waals surface area contributed by atoms with Gasteiger partial charge in [0.1, 0.15) is 13.2 Å². The second-order valence-electron chi connectivity index (χ2n) is 22.0. The molecule has 0 amide bonds. The molecule has 0 aliphatic carbocycles. The molecule has 74 heavy (non-hydrogen) atoms. The Morgan fingerprint density at radius 1 is 0.284 bits per heavy atom. The molecule has 0 heterocycles. The maximum Gasteiger partial charge on any atom is 0.306 e. The number of carbonyl (C=O) groups is 3. The maximum atomic E-state index is 12.9. The van der Waals surface area contributed by atoms with E-state index in [-0.39, 0.29) is 31.1 Å². The van der Waals surface area contributed by atoms with Gasteiger partial charge in [-0.05, 0) is 57.8 Å². The minimum atomic E-state index is -0.766. The van der Waals surface area contributed by atoms with Crippen molar-refractivity contribution in [2.75, 3.05) is 13.2 Å². The molecule has 0 aromatic heterocycles. The van der Waals surface area contributed by atoms with Gasteiger partial charge in [0.15, 0.2) is 6.10 Å². The van der Waals surface area contributed by atoms with Crippen LogP contribution in [0.5, 0.6) is 0 Å². The summed E-state index contributed by atoms with van der Waals surface area (Å²) in [5.74, 6) is -0.847. The molecule has 0 bridgehead atoms. The first-order chi connectivity index (χ1) is 36.5. The molecular formula is C68H124O6. The third-order valence-electron chi connectivity index (χ3n) is 14.6. The van der Waals surface area contributed by atoms with Gasteiger partial charge < -0.3 is 14.2 Å². The van der Waals surface area contributed by atoms with Crippen LogP contribution in [0.1, 0.15) is 348 Å². The predicted octanol–water partition coefficient (Wildman–Crippen LogP) is 22.2. The minimum absolute atomic E-state index is 0.0662. The first-order valence-corrected chi connectivity index (χ1v) is 32.6. The third-order valence-corrected chi connectivity index (χ3v) is 14.6. The zero-order chi connectivity index (χ0) is 53.6. The molecule has 0 saturated heterocycles. The van der Waals surface area contributed by atoms with Crippen LogP contribution in [-0.2, 0) is 28.6 Å². The summed E-state index contributed by atoms with van der Waals surface area (Å²) in [4.78, 5) is 38.1. The number of allylic oxidation sites excluding steroid dienone is 8. The number of carbonyl (C=O) groups excluding carboxylic acids is 3. The van der Waals surface area contributed by atoms with Crippen LogP contribution in [0.3, 0.4) is 0 Å². The van der Waals surface area contributed by atoms with E-state index in [1.807, 2.05) is 0 Å². The number of esters is 3. The van der Waals surface area contributed by atoms with Crippen molar-refractivity contribution in [2.24, 2.45) is 0 Å². The van der Waals surface area contributed by atoms with Gasteiger partial charge in [-0.25, -0.2) is 0 Å². The Bertz CT molecular complexity index is 1280. The maximum absolute atomic E-state index is 12.9. The molecule has 0 aliphatic rings. The van der Waals surface area contributed by atoms with Crippen LogP contribution in [0.25, 0.3) is 0 Å². The van der Waals surface area contributed by atoms with E-state index < -0.39 is 6.10 Å². The fourth-order valence-electron chi connectivity index (χ4n) is 9.73. The van der Waals surface area contributed by atoms with E-state index in [4.69, 9.17) is 14.2 Å².